The van der Waals surface area contributed by atoms with Gasteiger partial charge in [-0.2, -0.15) is 4.68 Å². The largest absolute Gasteiger partial charge is 0.338 e. The number of benzene rings is 1. The number of aryl methyl sites for hydroxylation is 2. The second-order valence-electron chi connectivity index (χ2n) is 7.28. The third kappa shape index (κ3) is 3.54. The summed E-state index contributed by atoms with van der Waals surface area (Å²) >= 11 is 1.29. The minimum Gasteiger partial charge on any atom is -0.338 e. The summed E-state index contributed by atoms with van der Waals surface area (Å²) in [4.78, 5) is 32.9. The molecule has 1 fully saturated rings. The molecular formula is C21H24N4O2S. The Bertz CT molecular complexity index is 1040. The van der Waals surface area contributed by atoms with Crippen molar-refractivity contribution >= 4 is 17.2 Å². The molecule has 0 aliphatic carbocycles. The molecule has 3 heterocycles. The van der Waals surface area contributed by atoms with E-state index in [1.54, 1.807) is 0 Å². The number of rotatable bonds is 4. The number of nitrogens with one attached hydrogen (secondary N) is 1. The molecule has 0 radical (unpaired) electrons. The molecule has 146 valence electrons. The molecule has 1 saturated heterocycles. The highest BCUT2D eigenvalue weighted by Gasteiger charge is 2.24. The van der Waals surface area contributed by atoms with Crippen LogP contribution in [0.2, 0.25) is 0 Å². The van der Waals surface area contributed by atoms with E-state index in [1.165, 1.54) is 22.4 Å². The summed E-state index contributed by atoms with van der Waals surface area (Å²) in [5.41, 5.74) is 3.21. The summed E-state index contributed by atoms with van der Waals surface area (Å²) in [6.45, 7) is 5.34. The van der Waals surface area contributed by atoms with Crippen molar-refractivity contribution in [1.29, 1.82) is 0 Å². The molecule has 0 bridgehead atoms. The average Bonchev–Trinajstić information content (AvgIpc) is 3.23. The molecule has 1 aliphatic heterocycles. The van der Waals surface area contributed by atoms with E-state index in [0.717, 1.165) is 42.8 Å². The first kappa shape index (κ1) is 18.7. The van der Waals surface area contributed by atoms with Gasteiger partial charge in [0.2, 0.25) is 5.13 Å². The lowest BCUT2D eigenvalue weighted by molar-refractivity contribution is 0.0728. The Labute approximate surface area is 167 Å². The summed E-state index contributed by atoms with van der Waals surface area (Å²) in [6.07, 6.45) is 3.85. The lowest BCUT2D eigenvalue weighted by Gasteiger charge is -2.26. The van der Waals surface area contributed by atoms with Crippen molar-refractivity contribution < 1.29 is 4.79 Å². The lowest BCUT2D eigenvalue weighted by atomic mass is 10.1. The standard InChI is InChI=1S/C21H24N4O2S/c1-14-17(13-16-9-5-3-6-10-16)19(26)25(23-14)21-22-15(2)18(28-21)20(27)24-11-7-4-8-12-24/h3,5-6,9-10,23H,4,7-8,11-13H2,1-2H3. The van der Waals surface area contributed by atoms with Gasteiger partial charge in [-0.3, -0.25) is 14.7 Å². The Morgan fingerprint density at radius 1 is 1.14 bits per heavy atom. The van der Waals surface area contributed by atoms with Crippen LogP contribution in [0.1, 0.15) is 51.4 Å². The van der Waals surface area contributed by atoms with Crippen molar-refractivity contribution in [2.24, 2.45) is 0 Å². The van der Waals surface area contributed by atoms with Crippen LogP contribution in [0.5, 0.6) is 0 Å². The number of carbonyl (C=O) groups is 1. The molecule has 1 aliphatic rings. The maximum Gasteiger partial charge on any atom is 0.277 e. The van der Waals surface area contributed by atoms with Gasteiger partial charge in [0.05, 0.1) is 5.69 Å². The topological polar surface area (TPSA) is 71.0 Å². The molecule has 0 unspecified atom stereocenters. The van der Waals surface area contributed by atoms with Crippen LogP contribution in [-0.4, -0.2) is 38.7 Å². The minimum atomic E-state index is -0.105. The quantitative estimate of drug-likeness (QED) is 0.734. The maximum absolute atomic E-state index is 13.0. The third-order valence-electron chi connectivity index (χ3n) is 5.23. The van der Waals surface area contributed by atoms with Crippen molar-refractivity contribution in [3.05, 3.63) is 68.1 Å². The van der Waals surface area contributed by atoms with Crippen molar-refractivity contribution in [2.75, 3.05) is 13.1 Å². The third-order valence-corrected chi connectivity index (χ3v) is 6.36. The predicted octanol–water partition coefficient (Wildman–Crippen LogP) is 3.46. The monoisotopic (exact) mass is 396 g/mol. The zero-order valence-corrected chi connectivity index (χ0v) is 17.0. The molecular weight excluding hydrogens is 372 g/mol. The van der Waals surface area contributed by atoms with Gasteiger partial charge in [0, 0.05) is 30.8 Å². The maximum atomic E-state index is 13.0. The molecule has 0 spiro atoms. The van der Waals surface area contributed by atoms with Crippen molar-refractivity contribution in [2.45, 2.75) is 39.5 Å². The van der Waals surface area contributed by atoms with Crippen molar-refractivity contribution in [3.63, 3.8) is 0 Å². The van der Waals surface area contributed by atoms with Gasteiger partial charge in [0.25, 0.3) is 11.5 Å². The van der Waals surface area contributed by atoms with E-state index in [1.807, 2.05) is 49.1 Å². The fourth-order valence-corrected chi connectivity index (χ4v) is 4.64. The molecule has 1 amide bonds. The van der Waals surface area contributed by atoms with Gasteiger partial charge >= 0.3 is 0 Å². The van der Waals surface area contributed by atoms with Gasteiger partial charge in [0.15, 0.2) is 0 Å². The Hall–Kier alpha value is -2.67. The van der Waals surface area contributed by atoms with Crippen molar-refractivity contribution in [1.82, 2.24) is 19.7 Å². The first-order valence-corrected chi connectivity index (χ1v) is 10.5. The smallest absolute Gasteiger partial charge is 0.277 e. The molecule has 3 aromatic rings. The molecule has 2 aromatic heterocycles. The summed E-state index contributed by atoms with van der Waals surface area (Å²) < 4.78 is 1.47. The summed E-state index contributed by atoms with van der Waals surface area (Å²) in [7, 11) is 0. The molecule has 0 saturated carbocycles. The lowest BCUT2D eigenvalue weighted by Crippen LogP contribution is -2.35. The van der Waals surface area contributed by atoms with E-state index in [2.05, 4.69) is 10.1 Å². The number of piperidine rings is 1. The number of H-pyrrole nitrogens is 1. The number of carbonyl (C=O) groups excluding carboxylic acids is 1. The van der Waals surface area contributed by atoms with Crippen LogP contribution < -0.4 is 5.56 Å². The highest BCUT2D eigenvalue weighted by atomic mass is 32.1. The van der Waals surface area contributed by atoms with E-state index in [9.17, 15) is 9.59 Å². The number of aromatic amines is 1. The number of likely N-dealkylation sites (tertiary alicyclic amines) is 1. The number of nitrogens with zero attached hydrogens (tertiary/aromatic N) is 3. The van der Waals surface area contributed by atoms with E-state index in [-0.39, 0.29) is 11.5 Å². The van der Waals surface area contributed by atoms with Gasteiger partial charge in [-0.25, -0.2) is 4.98 Å². The molecule has 28 heavy (non-hydrogen) atoms. The Balaban J connectivity index is 1.64. The van der Waals surface area contributed by atoms with Crippen molar-refractivity contribution in [3.8, 4) is 5.13 Å². The fourth-order valence-electron chi connectivity index (χ4n) is 3.64. The minimum absolute atomic E-state index is 0.0294. The van der Waals surface area contributed by atoms with Crippen LogP contribution in [0.25, 0.3) is 5.13 Å². The van der Waals surface area contributed by atoms with Gasteiger partial charge in [-0.05, 0) is 38.7 Å². The van der Waals surface area contributed by atoms with E-state index < -0.39 is 0 Å². The Morgan fingerprint density at radius 2 is 1.86 bits per heavy atom. The molecule has 4 rings (SSSR count). The molecule has 1 aromatic carbocycles. The molecule has 1 N–H and O–H groups in total. The number of amides is 1. The fraction of sp³-hybridized carbons (Fsp3) is 0.381. The first-order chi connectivity index (χ1) is 13.5. The highest BCUT2D eigenvalue weighted by molar-refractivity contribution is 7.16. The summed E-state index contributed by atoms with van der Waals surface area (Å²) in [5.74, 6) is 0.0294. The SMILES string of the molecule is Cc1nc(-n2[nH]c(C)c(Cc3ccccc3)c2=O)sc1C(=O)N1CCCCC1. The molecule has 0 atom stereocenters. The van der Waals surface area contributed by atoms with Gasteiger partial charge in [-0.1, -0.05) is 41.7 Å². The van der Waals surface area contributed by atoms with Gasteiger partial charge < -0.3 is 4.90 Å². The zero-order chi connectivity index (χ0) is 19.7. The highest BCUT2D eigenvalue weighted by Crippen LogP contribution is 2.24. The second-order valence-corrected chi connectivity index (χ2v) is 8.26. The Morgan fingerprint density at radius 3 is 2.57 bits per heavy atom. The first-order valence-electron chi connectivity index (χ1n) is 9.66. The van der Waals surface area contributed by atoms with Crippen LogP contribution in [0.3, 0.4) is 0 Å². The second kappa shape index (κ2) is 7.75. The van der Waals surface area contributed by atoms with Crippen LogP contribution >= 0.6 is 11.3 Å². The van der Waals surface area contributed by atoms with Crippen LogP contribution in [0.4, 0.5) is 0 Å². The van der Waals surface area contributed by atoms with Gasteiger partial charge in [0.1, 0.15) is 4.88 Å². The number of aromatic nitrogens is 3. The predicted molar refractivity (Wildman–Crippen MR) is 111 cm³/mol. The number of hydrogen-bond acceptors (Lipinski definition) is 4. The number of thiazole rings is 1. The van der Waals surface area contributed by atoms with Gasteiger partial charge in [-0.15, -0.1) is 0 Å². The summed E-state index contributed by atoms with van der Waals surface area (Å²) in [5, 5.41) is 3.65. The van der Waals surface area contributed by atoms with Crippen LogP contribution in [-0.2, 0) is 6.42 Å². The van der Waals surface area contributed by atoms with Crippen LogP contribution in [0.15, 0.2) is 35.1 Å². The van der Waals surface area contributed by atoms with E-state index in [0.29, 0.717) is 22.1 Å². The Kier molecular flexibility index (Phi) is 5.17. The zero-order valence-electron chi connectivity index (χ0n) is 16.2. The van der Waals surface area contributed by atoms with Crippen LogP contribution in [0, 0.1) is 13.8 Å². The number of hydrogen-bond donors (Lipinski definition) is 1. The normalized spacial score (nSPS) is 14.4. The summed E-state index contributed by atoms with van der Waals surface area (Å²) in [6, 6.07) is 9.93. The average molecular weight is 397 g/mol. The van der Waals surface area contributed by atoms with E-state index in [4.69, 9.17) is 0 Å². The van der Waals surface area contributed by atoms with E-state index >= 15 is 0 Å². The molecule has 7 heteroatoms. The molecule has 6 nitrogen and oxygen atoms in total.